The Morgan fingerprint density at radius 3 is 1.98 bits per heavy atom. The van der Waals surface area contributed by atoms with E-state index in [0.717, 1.165) is 17.7 Å². The summed E-state index contributed by atoms with van der Waals surface area (Å²) in [5.74, 6) is -2.36. The van der Waals surface area contributed by atoms with Gasteiger partial charge in [0.05, 0.1) is 23.3 Å². The minimum Gasteiger partial charge on any atom is -0.496 e. The molecule has 0 heterocycles. The van der Waals surface area contributed by atoms with Crippen molar-refractivity contribution in [3.63, 3.8) is 0 Å². The van der Waals surface area contributed by atoms with E-state index in [9.17, 15) is 32.3 Å². The van der Waals surface area contributed by atoms with Crippen molar-refractivity contribution in [3.8, 4) is 28.0 Å². The summed E-state index contributed by atoms with van der Waals surface area (Å²) in [4.78, 5) is 25.1. The standard InChI is InChI=1S/C30H22ClF4NO4/c1-40-27-13-9-20(19-6-10-22(11-7-19)30(33,34)35)15-23(27)28(37)36-26(29(38)39)14-17-2-4-18(5-3-17)21-8-12-25(32)24(31)16-21/h2-13,15-16,26H,14H2,1H3,(H,36,37)(H,38,39)/t26-/m0/s1. The fourth-order valence-electron chi connectivity index (χ4n) is 4.10. The number of amides is 1. The zero-order valence-electron chi connectivity index (χ0n) is 20.9. The average Bonchev–Trinajstić information content (AvgIpc) is 2.93. The molecule has 4 rings (SSSR count). The lowest BCUT2D eigenvalue weighted by atomic mass is 9.99. The van der Waals surface area contributed by atoms with E-state index in [1.54, 1.807) is 36.4 Å². The van der Waals surface area contributed by atoms with Gasteiger partial charge in [-0.25, -0.2) is 9.18 Å². The summed E-state index contributed by atoms with van der Waals surface area (Å²) < 4.78 is 57.5. The molecule has 10 heteroatoms. The normalized spacial score (nSPS) is 12.1. The van der Waals surface area contributed by atoms with Crippen molar-refractivity contribution in [2.45, 2.75) is 18.6 Å². The van der Waals surface area contributed by atoms with Gasteiger partial charge in [-0.15, -0.1) is 0 Å². The molecule has 4 aromatic carbocycles. The largest absolute Gasteiger partial charge is 0.496 e. The molecule has 0 aliphatic carbocycles. The molecule has 5 nitrogen and oxygen atoms in total. The maximum atomic E-state index is 13.5. The Kier molecular flexibility index (Phi) is 8.44. The van der Waals surface area contributed by atoms with E-state index in [4.69, 9.17) is 16.3 Å². The number of nitrogens with one attached hydrogen (secondary N) is 1. The molecule has 0 unspecified atom stereocenters. The average molecular weight is 572 g/mol. The number of carboxylic acids is 1. The van der Waals surface area contributed by atoms with Crippen molar-refractivity contribution in [2.75, 3.05) is 7.11 Å². The fraction of sp³-hybridized carbons (Fsp3) is 0.133. The Bertz CT molecular complexity index is 1540. The van der Waals surface area contributed by atoms with Crippen LogP contribution in [0.4, 0.5) is 17.6 Å². The van der Waals surface area contributed by atoms with Crippen LogP contribution in [0, 0.1) is 5.82 Å². The number of rotatable bonds is 8. The number of halogens is 5. The van der Waals surface area contributed by atoms with E-state index in [-0.39, 0.29) is 22.8 Å². The molecule has 1 amide bonds. The van der Waals surface area contributed by atoms with Crippen LogP contribution in [0.2, 0.25) is 5.02 Å². The van der Waals surface area contributed by atoms with E-state index in [2.05, 4.69) is 5.32 Å². The summed E-state index contributed by atoms with van der Waals surface area (Å²) >= 11 is 5.86. The maximum absolute atomic E-state index is 13.5. The van der Waals surface area contributed by atoms with Crippen LogP contribution in [0.5, 0.6) is 5.75 Å². The Labute approximate surface area is 232 Å². The second kappa shape index (κ2) is 11.8. The van der Waals surface area contributed by atoms with Crippen LogP contribution in [0.1, 0.15) is 21.5 Å². The first kappa shape index (κ1) is 28.6. The van der Waals surface area contributed by atoms with E-state index in [1.807, 2.05) is 0 Å². The van der Waals surface area contributed by atoms with E-state index >= 15 is 0 Å². The van der Waals surface area contributed by atoms with Gasteiger partial charge in [0, 0.05) is 6.42 Å². The van der Waals surface area contributed by atoms with Crippen molar-refractivity contribution in [1.82, 2.24) is 5.32 Å². The topological polar surface area (TPSA) is 75.6 Å². The second-order valence-corrected chi connectivity index (χ2v) is 9.29. The number of hydrogen-bond acceptors (Lipinski definition) is 3. The predicted molar refractivity (Wildman–Crippen MR) is 143 cm³/mol. The number of methoxy groups -OCH3 is 1. The molecule has 0 aromatic heterocycles. The van der Waals surface area contributed by atoms with Gasteiger partial charge in [0.1, 0.15) is 17.6 Å². The summed E-state index contributed by atoms with van der Waals surface area (Å²) in [5.41, 5.74) is 2.14. The second-order valence-electron chi connectivity index (χ2n) is 8.88. The number of carbonyl (C=O) groups excluding carboxylic acids is 1. The molecule has 206 valence electrons. The van der Waals surface area contributed by atoms with Crippen LogP contribution in [0.15, 0.2) is 84.9 Å². The molecule has 0 saturated heterocycles. The number of alkyl halides is 3. The minimum atomic E-state index is -4.48. The van der Waals surface area contributed by atoms with E-state index in [1.165, 1.54) is 43.5 Å². The highest BCUT2D eigenvalue weighted by molar-refractivity contribution is 6.31. The van der Waals surface area contributed by atoms with Crippen LogP contribution >= 0.6 is 11.6 Å². The smallest absolute Gasteiger partial charge is 0.416 e. The molecule has 0 saturated carbocycles. The molecule has 0 radical (unpaired) electrons. The number of ether oxygens (including phenoxy) is 1. The van der Waals surface area contributed by atoms with Gasteiger partial charge in [0.2, 0.25) is 0 Å². The molecule has 4 aromatic rings. The zero-order chi connectivity index (χ0) is 29.0. The van der Waals surface area contributed by atoms with Gasteiger partial charge in [0.25, 0.3) is 5.91 Å². The van der Waals surface area contributed by atoms with Gasteiger partial charge in [-0.05, 0) is 64.2 Å². The molecule has 0 fully saturated rings. The number of aliphatic carboxylic acids is 1. The third-order valence-corrected chi connectivity index (χ3v) is 6.53. The molecular formula is C30H22ClF4NO4. The van der Waals surface area contributed by atoms with Crippen LogP contribution in [-0.2, 0) is 17.4 Å². The van der Waals surface area contributed by atoms with Gasteiger partial charge in [-0.1, -0.05) is 60.1 Å². The summed E-state index contributed by atoms with van der Waals surface area (Å²) in [7, 11) is 1.34. The van der Waals surface area contributed by atoms with Crippen molar-refractivity contribution in [3.05, 3.63) is 112 Å². The summed E-state index contributed by atoms with van der Waals surface area (Å²) in [5, 5.41) is 12.3. The summed E-state index contributed by atoms with van der Waals surface area (Å²) in [6, 6.07) is 18.8. The zero-order valence-corrected chi connectivity index (χ0v) is 21.7. The maximum Gasteiger partial charge on any atom is 0.416 e. The lowest BCUT2D eigenvalue weighted by Gasteiger charge is -2.17. The van der Waals surface area contributed by atoms with Crippen molar-refractivity contribution in [1.29, 1.82) is 0 Å². The number of carbonyl (C=O) groups is 2. The molecule has 40 heavy (non-hydrogen) atoms. The van der Waals surface area contributed by atoms with Gasteiger partial charge in [-0.3, -0.25) is 4.79 Å². The highest BCUT2D eigenvalue weighted by atomic mass is 35.5. The molecule has 0 aliphatic rings. The quantitative estimate of drug-likeness (QED) is 0.218. The van der Waals surface area contributed by atoms with Crippen molar-refractivity contribution in [2.24, 2.45) is 0 Å². The molecule has 0 bridgehead atoms. The third-order valence-electron chi connectivity index (χ3n) is 6.24. The van der Waals surface area contributed by atoms with Crippen molar-refractivity contribution < 1.29 is 37.0 Å². The van der Waals surface area contributed by atoms with Crippen LogP contribution in [-0.4, -0.2) is 30.1 Å². The highest BCUT2D eigenvalue weighted by Crippen LogP contribution is 2.32. The Morgan fingerprint density at radius 2 is 1.43 bits per heavy atom. The minimum absolute atomic E-state index is 0.0203. The lowest BCUT2D eigenvalue weighted by molar-refractivity contribution is -0.139. The summed E-state index contributed by atoms with van der Waals surface area (Å²) in [6.45, 7) is 0. The predicted octanol–water partition coefficient (Wildman–Crippen LogP) is 7.27. The third kappa shape index (κ3) is 6.60. The first-order chi connectivity index (χ1) is 19.0. The fourth-order valence-corrected chi connectivity index (χ4v) is 4.28. The molecule has 1 atom stereocenters. The lowest BCUT2D eigenvalue weighted by Crippen LogP contribution is -2.42. The van der Waals surface area contributed by atoms with E-state index in [0.29, 0.717) is 22.3 Å². The highest BCUT2D eigenvalue weighted by Gasteiger charge is 2.30. The number of hydrogen-bond donors (Lipinski definition) is 2. The Hall–Kier alpha value is -4.37. The summed E-state index contributed by atoms with van der Waals surface area (Å²) in [6.07, 6.45) is -4.52. The van der Waals surface area contributed by atoms with Crippen LogP contribution in [0.25, 0.3) is 22.3 Å². The van der Waals surface area contributed by atoms with Crippen molar-refractivity contribution >= 4 is 23.5 Å². The molecule has 0 aliphatic heterocycles. The first-order valence-corrected chi connectivity index (χ1v) is 12.3. The molecule has 0 spiro atoms. The monoisotopic (exact) mass is 571 g/mol. The van der Waals surface area contributed by atoms with Gasteiger partial charge in [-0.2, -0.15) is 13.2 Å². The Balaban J connectivity index is 1.53. The Morgan fingerprint density at radius 1 is 0.875 bits per heavy atom. The van der Waals surface area contributed by atoms with Gasteiger partial charge >= 0.3 is 12.1 Å². The van der Waals surface area contributed by atoms with Gasteiger partial charge < -0.3 is 15.2 Å². The first-order valence-electron chi connectivity index (χ1n) is 11.9. The number of carboxylic acid groups (broad SMARTS) is 1. The van der Waals surface area contributed by atoms with E-state index < -0.39 is 35.5 Å². The number of benzene rings is 4. The molecule has 2 N–H and O–H groups in total. The van der Waals surface area contributed by atoms with Crippen LogP contribution in [0.3, 0.4) is 0 Å². The molecular weight excluding hydrogens is 550 g/mol. The van der Waals surface area contributed by atoms with Gasteiger partial charge in [0.15, 0.2) is 0 Å². The van der Waals surface area contributed by atoms with Crippen LogP contribution < -0.4 is 10.1 Å². The SMILES string of the molecule is COc1ccc(-c2ccc(C(F)(F)F)cc2)cc1C(=O)N[C@@H](Cc1ccc(-c2ccc(F)c(Cl)c2)cc1)C(=O)O.